The number of nitriles is 1. The molecule has 2 aromatic carbocycles. The van der Waals surface area contributed by atoms with Gasteiger partial charge in [0.05, 0.1) is 19.4 Å². The highest BCUT2D eigenvalue weighted by Crippen LogP contribution is 2.29. The van der Waals surface area contributed by atoms with E-state index < -0.39 is 14.9 Å². The van der Waals surface area contributed by atoms with Crippen molar-refractivity contribution < 1.29 is 17.9 Å². The van der Waals surface area contributed by atoms with Gasteiger partial charge in [0.1, 0.15) is 6.07 Å². The van der Waals surface area contributed by atoms with Gasteiger partial charge in [-0.1, -0.05) is 23.8 Å². The van der Waals surface area contributed by atoms with Gasteiger partial charge in [-0.25, -0.2) is 8.42 Å². The Labute approximate surface area is 160 Å². The van der Waals surface area contributed by atoms with Crippen molar-refractivity contribution in [1.82, 2.24) is 0 Å². The summed E-state index contributed by atoms with van der Waals surface area (Å²) < 4.78 is 38.4. The average molecular weight is 386 g/mol. The normalized spacial score (nSPS) is 11.6. The number of sulfonamides is 1. The maximum atomic E-state index is 12.6. The first-order chi connectivity index (χ1) is 12.8. The van der Waals surface area contributed by atoms with Crippen molar-refractivity contribution in [2.45, 2.75) is 20.8 Å². The van der Waals surface area contributed by atoms with E-state index in [4.69, 9.17) is 9.47 Å². The van der Waals surface area contributed by atoms with Crippen LogP contribution in [-0.2, 0) is 10.0 Å². The van der Waals surface area contributed by atoms with E-state index in [9.17, 15) is 13.7 Å². The second-order valence-electron chi connectivity index (χ2n) is 5.89. The third-order valence-corrected chi connectivity index (χ3v) is 5.09. The zero-order chi connectivity index (χ0) is 20.0. The molecule has 0 aromatic heterocycles. The molecule has 2 rings (SSSR count). The molecule has 27 heavy (non-hydrogen) atoms. The minimum atomic E-state index is -4.02. The number of nitrogens with zero attached hydrogens (tertiary/aromatic N) is 1. The molecular formula is C20H22N2O4S. The Balaban J connectivity index is 2.38. The van der Waals surface area contributed by atoms with Gasteiger partial charge in [0, 0.05) is 0 Å². The van der Waals surface area contributed by atoms with Gasteiger partial charge in [0.25, 0.3) is 10.0 Å². The molecule has 0 saturated carbocycles. The number of anilines is 1. The molecule has 0 atom stereocenters. The Morgan fingerprint density at radius 1 is 1.19 bits per heavy atom. The van der Waals surface area contributed by atoms with Gasteiger partial charge in [-0.2, -0.15) is 5.26 Å². The van der Waals surface area contributed by atoms with Crippen molar-refractivity contribution in [3.8, 4) is 17.6 Å². The second-order valence-corrected chi connectivity index (χ2v) is 7.54. The minimum Gasteiger partial charge on any atom is -0.493 e. The predicted octanol–water partition coefficient (Wildman–Crippen LogP) is 4.02. The standard InChI is InChI=1S/C20H22N2O4S/c1-5-26-19-9-7-16(12-20(19)25-4)11-17(13-21)27(23,24)22-18-8-6-14(2)10-15(18)3/h6-12,22H,5H2,1-4H3/b17-11+. The van der Waals surface area contributed by atoms with E-state index in [1.807, 2.05) is 19.9 Å². The van der Waals surface area contributed by atoms with Gasteiger partial charge in [-0.15, -0.1) is 0 Å². The highest BCUT2D eigenvalue weighted by Gasteiger charge is 2.19. The van der Waals surface area contributed by atoms with Crippen molar-refractivity contribution in [2.75, 3.05) is 18.4 Å². The number of nitrogens with one attached hydrogen (secondary N) is 1. The summed E-state index contributed by atoms with van der Waals surface area (Å²) in [5.74, 6) is 1.01. The van der Waals surface area contributed by atoms with Crippen LogP contribution < -0.4 is 14.2 Å². The van der Waals surface area contributed by atoms with Crippen molar-refractivity contribution >= 4 is 21.8 Å². The minimum absolute atomic E-state index is 0.395. The Kier molecular flexibility index (Phi) is 6.48. The molecule has 0 amide bonds. The summed E-state index contributed by atoms with van der Waals surface area (Å²) in [4.78, 5) is -0.395. The van der Waals surface area contributed by atoms with Gasteiger partial charge in [0.2, 0.25) is 0 Å². The lowest BCUT2D eigenvalue weighted by atomic mass is 10.1. The highest BCUT2D eigenvalue weighted by atomic mass is 32.2. The van der Waals surface area contributed by atoms with Gasteiger partial charge >= 0.3 is 0 Å². The average Bonchev–Trinajstić information content (AvgIpc) is 2.63. The molecule has 0 aliphatic heterocycles. The van der Waals surface area contributed by atoms with Crippen LogP contribution in [0.2, 0.25) is 0 Å². The summed E-state index contributed by atoms with van der Waals surface area (Å²) in [6, 6.07) is 12.1. The number of allylic oxidation sites excluding steroid dienone is 1. The van der Waals surface area contributed by atoms with E-state index in [2.05, 4.69) is 4.72 Å². The SMILES string of the molecule is CCOc1ccc(/C=C(\C#N)S(=O)(=O)Nc2ccc(C)cc2C)cc1OC. The lowest BCUT2D eigenvalue weighted by Crippen LogP contribution is -2.15. The van der Waals surface area contributed by atoms with Crippen LogP contribution in [0.15, 0.2) is 41.3 Å². The smallest absolute Gasteiger partial charge is 0.272 e. The molecule has 0 spiro atoms. The second kappa shape index (κ2) is 8.60. The monoisotopic (exact) mass is 386 g/mol. The number of hydrogen-bond acceptors (Lipinski definition) is 5. The maximum Gasteiger partial charge on any atom is 0.272 e. The van der Waals surface area contributed by atoms with Crippen LogP contribution in [-0.4, -0.2) is 22.1 Å². The summed E-state index contributed by atoms with van der Waals surface area (Å²) in [6.07, 6.45) is 1.30. The summed E-state index contributed by atoms with van der Waals surface area (Å²) in [6.45, 7) is 6.05. The van der Waals surface area contributed by atoms with Crippen LogP contribution in [0.3, 0.4) is 0 Å². The first kappa shape index (κ1) is 20.3. The van der Waals surface area contributed by atoms with Gasteiger partial charge in [-0.05, 0) is 56.2 Å². The highest BCUT2D eigenvalue weighted by molar-refractivity contribution is 7.97. The van der Waals surface area contributed by atoms with Crippen molar-refractivity contribution in [3.63, 3.8) is 0 Å². The van der Waals surface area contributed by atoms with E-state index in [-0.39, 0.29) is 0 Å². The molecule has 142 valence electrons. The van der Waals surface area contributed by atoms with Crippen molar-refractivity contribution in [1.29, 1.82) is 5.26 Å². The number of hydrogen-bond donors (Lipinski definition) is 1. The van der Waals surface area contributed by atoms with Crippen LogP contribution in [0.5, 0.6) is 11.5 Å². The van der Waals surface area contributed by atoms with E-state index in [1.165, 1.54) is 13.2 Å². The molecule has 0 heterocycles. The van der Waals surface area contributed by atoms with Gasteiger partial charge in [0.15, 0.2) is 16.4 Å². The molecule has 0 unspecified atom stereocenters. The van der Waals surface area contributed by atoms with Crippen molar-refractivity contribution in [2.24, 2.45) is 0 Å². The molecule has 6 nitrogen and oxygen atoms in total. The number of rotatable bonds is 7. The Morgan fingerprint density at radius 2 is 1.93 bits per heavy atom. The molecular weight excluding hydrogens is 364 g/mol. The Bertz CT molecular complexity index is 1010. The number of methoxy groups -OCH3 is 1. The van der Waals surface area contributed by atoms with E-state index >= 15 is 0 Å². The quantitative estimate of drug-likeness (QED) is 0.726. The van der Waals surface area contributed by atoms with E-state index in [0.717, 1.165) is 11.1 Å². The number of aryl methyl sites for hydroxylation is 2. The summed E-state index contributed by atoms with van der Waals surface area (Å²) in [7, 11) is -2.53. The van der Waals surface area contributed by atoms with Crippen LogP contribution in [0, 0.1) is 25.2 Å². The third kappa shape index (κ3) is 5.02. The maximum absolute atomic E-state index is 12.6. The van der Waals surface area contributed by atoms with Gasteiger partial charge < -0.3 is 9.47 Å². The first-order valence-corrected chi connectivity index (χ1v) is 9.81. The van der Waals surface area contributed by atoms with Crippen LogP contribution >= 0.6 is 0 Å². The number of ether oxygens (including phenoxy) is 2. The lowest BCUT2D eigenvalue weighted by molar-refractivity contribution is 0.311. The zero-order valence-electron chi connectivity index (χ0n) is 15.7. The fourth-order valence-electron chi connectivity index (χ4n) is 2.50. The van der Waals surface area contributed by atoms with Gasteiger partial charge in [-0.3, -0.25) is 4.72 Å². The summed E-state index contributed by atoms with van der Waals surface area (Å²) >= 11 is 0. The van der Waals surface area contributed by atoms with Crippen LogP contribution in [0.1, 0.15) is 23.6 Å². The molecule has 2 aromatic rings. The molecule has 0 fully saturated rings. The molecule has 0 aliphatic rings. The van der Waals surface area contributed by atoms with E-state index in [0.29, 0.717) is 29.4 Å². The zero-order valence-corrected chi connectivity index (χ0v) is 16.6. The Hall–Kier alpha value is -2.98. The largest absolute Gasteiger partial charge is 0.493 e. The molecule has 0 radical (unpaired) electrons. The first-order valence-electron chi connectivity index (χ1n) is 8.33. The lowest BCUT2D eigenvalue weighted by Gasteiger charge is -2.11. The predicted molar refractivity (Wildman–Crippen MR) is 106 cm³/mol. The van der Waals surface area contributed by atoms with Crippen LogP contribution in [0.25, 0.3) is 6.08 Å². The van der Waals surface area contributed by atoms with Crippen molar-refractivity contribution in [3.05, 3.63) is 58.0 Å². The Morgan fingerprint density at radius 3 is 2.52 bits per heavy atom. The molecule has 0 saturated heterocycles. The molecule has 1 N–H and O–H groups in total. The van der Waals surface area contributed by atoms with Crippen LogP contribution in [0.4, 0.5) is 5.69 Å². The van der Waals surface area contributed by atoms with E-state index in [1.54, 1.807) is 43.3 Å². The summed E-state index contributed by atoms with van der Waals surface area (Å²) in [5, 5.41) is 9.39. The molecule has 7 heteroatoms. The fraction of sp³-hybridized carbons (Fsp3) is 0.250. The third-order valence-electron chi connectivity index (χ3n) is 3.81. The molecule has 0 aliphatic carbocycles. The summed E-state index contributed by atoms with van der Waals surface area (Å²) in [5.41, 5.74) is 2.75. The molecule has 0 bridgehead atoms. The fourth-order valence-corrected chi connectivity index (χ4v) is 3.54. The number of benzene rings is 2. The topological polar surface area (TPSA) is 88.4 Å².